The second-order valence-corrected chi connectivity index (χ2v) is 5.85. The average molecular weight is 353 g/mol. The molecule has 0 spiro atoms. The first-order chi connectivity index (χ1) is 11.9. The van der Waals surface area contributed by atoms with Crippen molar-refractivity contribution in [2.75, 3.05) is 6.61 Å². The van der Waals surface area contributed by atoms with Crippen LogP contribution in [-0.2, 0) is 30.4 Å². The number of hydrogen-bond donors (Lipinski definition) is 3. The van der Waals surface area contributed by atoms with E-state index in [1.165, 1.54) is 13.8 Å². The molecule has 1 heterocycles. The first-order valence-corrected chi connectivity index (χ1v) is 7.96. The minimum absolute atomic E-state index is 0.172. The van der Waals surface area contributed by atoms with E-state index < -0.39 is 42.5 Å². The number of aliphatic hydroxyl groups is 2. The van der Waals surface area contributed by atoms with E-state index in [-0.39, 0.29) is 13.2 Å². The van der Waals surface area contributed by atoms with E-state index in [9.17, 15) is 19.8 Å². The molecule has 1 aromatic rings. The van der Waals surface area contributed by atoms with E-state index in [1.54, 1.807) is 0 Å². The van der Waals surface area contributed by atoms with Gasteiger partial charge in [-0.1, -0.05) is 30.3 Å². The van der Waals surface area contributed by atoms with Crippen molar-refractivity contribution in [2.45, 2.75) is 51.1 Å². The Morgan fingerprint density at radius 2 is 1.88 bits per heavy atom. The fourth-order valence-electron chi connectivity index (χ4n) is 2.62. The van der Waals surface area contributed by atoms with Crippen molar-refractivity contribution in [3.8, 4) is 0 Å². The summed E-state index contributed by atoms with van der Waals surface area (Å²) in [6.45, 7) is 2.46. The van der Waals surface area contributed by atoms with Gasteiger partial charge in [0.1, 0.15) is 31.0 Å². The van der Waals surface area contributed by atoms with E-state index in [0.29, 0.717) is 0 Å². The largest absolute Gasteiger partial charge is 0.463 e. The van der Waals surface area contributed by atoms with Crippen molar-refractivity contribution in [1.29, 1.82) is 0 Å². The molecule has 8 heteroatoms. The van der Waals surface area contributed by atoms with Crippen LogP contribution >= 0.6 is 0 Å². The van der Waals surface area contributed by atoms with Crippen LogP contribution in [0.4, 0.5) is 0 Å². The summed E-state index contributed by atoms with van der Waals surface area (Å²) in [7, 11) is 0. The summed E-state index contributed by atoms with van der Waals surface area (Å²) in [6, 6.07) is 8.32. The molecule has 25 heavy (non-hydrogen) atoms. The van der Waals surface area contributed by atoms with E-state index >= 15 is 0 Å². The van der Waals surface area contributed by atoms with Crippen LogP contribution in [0.5, 0.6) is 0 Å². The van der Waals surface area contributed by atoms with Gasteiger partial charge in [-0.2, -0.15) is 0 Å². The van der Waals surface area contributed by atoms with Crippen LogP contribution in [0.3, 0.4) is 0 Å². The van der Waals surface area contributed by atoms with Crippen molar-refractivity contribution in [1.82, 2.24) is 5.32 Å². The predicted octanol–water partition coefficient (Wildman–Crippen LogP) is -0.282. The van der Waals surface area contributed by atoms with E-state index in [4.69, 9.17) is 14.2 Å². The van der Waals surface area contributed by atoms with Gasteiger partial charge in [0.2, 0.25) is 5.91 Å². The maximum absolute atomic E-state index is 11.4. The van der Waals surface area contributed by atoms with Crippen molar-refractivity contribution in [2.24, 2.45) is 0 Å². The van der Waals surface area contributed by atoms with Gasteiger partial charge in [-0.3, -0.25) is 9.59 Å². The molecule has 1 amide bonds. The number of rotatable bonds is 6. The van der Waals surface area contributed by atoms with Crippen LogP contribution in [0.1, 0.15) is 19.4 Å². The standard InChI is InChI=1S/C17H23NO7/c1-10(19)18-14-16(24-8-12-6-4-3-5-7-12)15(21)13(25-17(14)22)9-23-11(2)20/h3-7,13-17,21-22H,8-9H2,1-2H3,(H,18,19)/t13-,14-,15-,16-,17+/m1/s1. The molecule has 1 aromatic carbocycles. The molecule has 1 aliphatic heterocycles. The van der Waals surface area contributed by atoms with Gasteiger partial charge in [0.15, 0.2) is 6.29 Å². The lowest BCUT2D eigenvalue weighted by Gasteiger charge is -2.42. The molecular weight excluding hydrogens is 330 g/mol. The Bertz CT molecular complexity index is 580. The Hall–Kier alpha value is -2.00. The lowest BCUT2D eigenvalue weighted by Crippen LogP contribution is -2.64. The van der Waals surface area contributed by atoms with E-state index in [2.05, 4.69) is 5.32 Å². The van der Waals surface area contributed by atoms with Gasteiger partial charge in [-0.15, -0.1) is 0 Å². The monoisotopic (exact) mass is 353 g/mol. The molecule has 1 aliphatic rings. The Balaban J connectivity index is 2.10. The Morgan fingerprint density at radius 1 is 1.20 bits per heavy atom. The molecule has 5 atom stereocenters. The zero-order chi connectivity index (χ0) is 18.4. The molecule has 0 saturated carbocycles. The molecule has 138 valence electrons. The number of amides is 1. The van der Waals surface area contributed by atoms with Gasteiger partial charge in [0, 0.05) is 13.8 Å². The highest BCUT2D eigenvalue weighted by atomic mass is 16.6. The van der Waals surface area contributed by atoms with Gasteiger partial charge in [-0.05, 0) is 5.56 Å². The van der Waals surface area contributed by atoms with Gasteiger partial charge in [0.05, 0.1) is 6.61 Å². The third-order valence-corrected chi connectivity index (χ3v) is 3.80. The molecule has 1 fully saturated rings. The van der Waals surface area contributed by atoms with Gasteiger partial charge >= 0.3 is 5.97 Å². The highest BCUT2D eigenvalue weighted by Crippen LogP contribution is 2.24. The summed E-state index contributed by atoms with van der Waals surface area (Å²) in [5, 5.41) is 23.2. The number of carbonyl (C=O) groups excluding carboxylic acids is 2. The molecule has 0 unspecified atom stereocenters. The third kappa shape index (κ3) is 5.50. The average Bonchev–Trinajstić information content (AvgIpc) is 2.56. The van der Waals surface area contributed by atoms with Crippen LogP contribution in [0, 0.1) is 0 Å². The summed E-state index contributed by atoms with van der Waals surface area (Å²) in [5.41, 5.74) is 0.869. The van der Waals surface area contributed by atoms with Crippen molar-refractivity contribution < 1.29 is 34.0 Å². The zero-order valence-corrected chi connectivity index (χ0v) is 14.1. The number of ether oxygens (including phenoxy) is 3. The van der Waals surface area contributed by atoms with Crippen LogP contribution in [0.15, 0.2) is 30.3 Å². The fraction of sp³-hybridized carbons (Fsp3) is 0.529. The molecule has 2 rings (SSSR count). The predicted molar refractivity (Wildman–Crippen MR) is 86.1 cm³/mol. The number of hydrogen-bond acceptors (Lipinski definition) is 7. The summed E-state index contributed by atoms with van der Waals surface area (Å²) in [6.07, 6.45) is -4.52. The van der Waals surface area contributed by atoms with Gasteiger partial charge in [0.25, 0.3) is 0 Å². The first kappa shape index (κ1) is 19.3. The highest BCUT2D eigenvalue weighted by molar-refractivity contribution is 5.73. The molecular formula is C17H23NO7. The van der Waals surface area contributed by atoms with Gasteiger partial charge in [-0.25, -0.2) is 0 Å². The molecule has 0 bridgehead atoms. The van der Waals surface area contributed by atoms with Crippen LogP contribution in [-0.4, -0.2) is 59.3 Å². The van der Waals surface area contributed by atoms with Crippen LogP contribution in [0.2, 0.25) is 0 Å². The number of aliphatic hydroxyl groups excluding tert-OH is 2. The second-order valence-electron chi connectivity index (χ2n) is 5.85. The number of benzene rings is 1. The number of esters is 1. The molecule has 0 aliphatic carbocycles. The van der Waals surface area contributed by atoms with Crippen LogP contribution < -0.4 is 5.32 Å². The maximum Gasteiger partial charge on any atom is 0.302 e. The third-order valence-electron chi connectivity index (χ3n) is 3.80. The topological polar surface area (TPSA) is 114 Å². The summed E-state index contributed by atoms with van der Waals surface area (Å²) < 4.78 is 15.9. The minimum atomic E-state index is -1.41. The fourth-order valence-corrected chi connectivity index (χ4v) is 2.62. The Morgan fingerprint density at radius 3 is 2.48 bits per heavy atom. The minimum Gasteiger partial charge on any atom is -0.463 e. The normalized spacial score (nSPS) is 29.0. The lowest BCUT2D eigenvalue weighted by molar-refractivity contribution is -0.265. The lowest BCUT2D eigenvalue weighted by atomic mass is 9.96. The van der Waals surface area contributed by atoms with Crippen LogP contribution in [0.25, 0.3) is 0 Å². The highest BCUT2D eigenvalue weighted by Gasteiger charge is 2.46. The van der Waals surface area contributed by atoms with E-state index in [0.717, 1.165) is 5.56 Å². The maximum atomic E-state index is 11.4. The molecule has 0 aromatic heterocycles. The number of nitrogens with one attached hydrogen (secondary N) is 1. The van der Waals surface area contributed by atoms with Crippen molar-refractivity contribution in [3.05, 3.63) is 35.9 Å². The molecule has 3 N–H and O–H groups in total. The zero-order valence-electron chi connectivity index (χ0n) is 14.1. The summed E-state index contributed by atoms with van der Waals surface area (Å²) >= 11 is 0. The first-order valence-electron chi connectivity index (χ1n) is 7.96. The quantitative estimate of drug-likeness (QED) is 0.603. The van der Waals surface area contributed by atoms with E-state index in [1.807, 2.05) is 30.3 Å². The summed E-state index contributed by atoms with van der Waals surface area (Å²) in [5.74, 6) is -0.928. The van der Waals surface area contributed by atoms with Gasteiger partial charge < -0.3 is 29.7 Å². The summed E-state index contributed by atoms with van der Waals surface area (Å²) in [4.78, 5) is 22.4. The van der Waals surface area contributed by atoms with Crippen molar-refractivity contribution in [3.63, 3.8) is 0 Å². The Kier molecular flexibility index (Phi) is 6.89. The molecule has 1 saturated heterocycles. The van der Waals surface area contributed by atoms with Crippen molar-refractivity contribution >= 4 is 11.9 Å². The SMILES string of the molecule is CC(=O)N[C@@H]1[C@@H](OCc2ccccc2)[C@H](O)[C@@H](COC(C)=O)O[C@@H]1O. The molecule has 8 nitrogen and oxygen atoms in total. The Labute approximate surface area is 145 Å². The second kappa shape index (κ2) is 8.91. The smallest absolute Gasteiger partial charge is 0.302 e. The molecule has 0 radical (unpaired) electrons. The number of carbonyl (C=O) groups is 2.